The molecule has 1 saturated carbocycles. The Bertz CT molecular complexity index is 530. The first-order chi connectivity index (χ1) is 14.0. The maximum Gasteiger partial charge on any atom is 0.225 e. The van der Waals surface area contributed by atoms with Gasteiger partial charge in [0.25, 0.3) is 0 Å². The Morgan fingerprint density at radius 1 is 0.966 bits per heavy atom. The number of nitrogens with zero attached hydrogens (tertiary/aromatic N) is 3. The molecule has 0 N–H and O–H groups in total. The number of hydrogen-bond donors (Lipinski definition) is 0. The van der Waals surface area contributed by atoms with E-state index in [9.17, 15) is 4.79 Å². The van der Waals surface area contributed by atoms with Crippen molar-refractivity contribution in [3.05, 3.63) is 0 Å². The molecule has 29 heavy (non-hydrogen) atoms. The number of piperidine rings is 1. The third-order valence-corrected chi connectivity index (χ3v) is 7.95. The molecule has 3 saturated heterocycles. The van der Waals surface area contributed by atoms with Crippen LogP contribution in [0.5, 0.6) is 0 Å². The zero-order valence-electron chi connectivity index (χ0n) is 18.9. The number of likely N-dealkylation sites (tertiary alicyclic amines) is 1. The van der Waals surface area contributed by atoms with E-state index in [2.05, 4.69) is 28.5 Å². The molecule has 5 nitrogen and oxygen atoms in total. The predicted molar refractivity (Wildman–Crippen MR) is 117 cm³/mol. The van der Waals surface area contributed by atoms with E-state index in [-0.39, 0.29) is 5.60 Å². The summed E-state index contributed by atoms with van der Waals surface area (Å²) in [6, 6.07) is 0.672. The number of rotatable bonds is 4. The highest BCUT2D eigenvalue weighted by Gasteiger charge is 2.43. The lowest BCUT2D eigenvalue weighted by atomic mass is 9.81. The molecule has 3 aliphatic heterocycles. The Morgan fingerprint density at radius 3 is 2.31 bits per heavy atom. The molecule has 5 heteroatoms. The molecule has 1 spiro atoms. The van der Waals surface area contributed by atoms with Crippen molar-refractivity contribution in [2.75, 3.05) is 52.4 Å². The molecule has 0 aromatic carbocycles. The zero-order valence-corrected chi connectivity index (χ0v) is 18.9. The van der Waals surface area contributed by atoms with E-state index in [4.69, 9.17) is 4.74 Å². The van der Waals surface area contributed by atoms with Crippen molar-refractivity contribution in [1.82, 2.24) is 14.7 Å². The number of amides is 1. The number of carbonyl (C=O) groups is 1. The van der Waals surface area contributed by atoms with Crippen molar-refractivity contribution in [2.45, 2.75) is 83.3 Å². The molecule has 1 amide bonds. The highest BCUT2D eigenvalue weighted by Crippen LogP contribution is 2.38. The van der Waals surface area contributed by atoms with E-state index < -0.39 is 0 Å². The van der Waals surface area contributed by atoms with Gasteiger partial charge in [-0.2, -0.15) is 0 Å². The average Bonchev–Trinajstić information content (AvgIpc) is 2.75. The Hall–Kier alpha value is -0.650. The number of hydrogen-bond acceptors (Lipinski definition) is 4. The van der Waals surface area contributed by atoms with Crippen molar-refractivity contribution in [2.24, 2.45) is 11.8 Å². The highest BCUT2D eigenvalue weighted by molar-refractivity contribution is 5.79. The summed E-state index contributed by atoms with van der Waals surface area (Å²) in [5, 5.41) is 0. The van der Waals surface area contributed by atoms with Gasteiger partial charge in [0.1, 0.15) is 0 Å². The van der Waals surface area contributed by atoms with E-state index in [1.54, 1.807) is 0 Å². The first-order valence-corrected chi connectivity index (χ1v) is 12.4. The summed E-state index contributed by atoms with van der Waals surface area (Å²) in [4.78, 5) is 20.4. The minimum atomic E-state index is 0.0291. The summed E-state index contributed by atoms with van der Waals surface area (Å²) >= 11 is 0. The van der Waals surface area contributed by atoms with Crippen LogP contribution in [-0.2, 0) is 9.53 Å². The maximum absolute atomic E-state index is 12.9. The van der Waals surface area contributed by atoms with Gasteiger partial charge in [0, 0.05) is 64.4 Å². The lowest BCUT2D eigenvalue weighted by Gasteiger charge is -2.50. The first-order valence-electron chi connectivity index (χ1n) is 12.4. The van der Waals surface area contributed by atoms with Gasteiger partial charge in [0.2, 0.25) is 5.91 Å². The second-order valence-electron chi connectivity index (χ2n) is 10.6. The fraction of sp³-hybridized carbons (Fsp3) is 0.958. The third kappa shape index (κ3) is 5.34. The summed E-state index contributed by atoms with van der Waals surface area (Å²) in [7, 11) is 0. The largest absolute Gasteiger partial charge is 0.375 e. The molecule has 3 heterocycles. The molecule has 1 aliphatic carbocycles. The van der Waals surface area contributed by atoms with Gasteiger partial charge in [-0.1, -0.05) is 33.1 Å². The van der Waals surface area contributed by atoms with E-state index >= 15 is 0 Å². The zero-order chi connectivity index (χ0) is 20.3. The lowest BCUT2D eigenvalue weighted by Crippen LogP contribution is -2.58. The van der Waals surface area contributed by atoms with Crippen LogP contribution in [0, 0.1) is 11.8 Å². The van der Waals surface area contributed by atoms with E-state index in [0.29, 0.717) is 17.9 Å². The Morgan fingerprint density at radius 2 is 1.66 bits per heavy atom. The smallest absolute Gasteiger partial charge is 0.225 e. The Balaban J connectivity index is 1.26. The molecular weight excluding hydrogens is 362 g/mol. The number of ether oxygens (including phenoxy) is 1. The monoisotopic (exact) mass is 405 g/mol. The molecule has 0 aromatic rings. The summed E-state index contributed by atoms with van der Waals surface area (Å²) in [6.07, 6.45) is 10.4. The predicted octanol–water partition coefficient (Wildman–Crippen LogP) is 3.38. The summed E-state index contributed by atoms with van der Waals surface area (Å²) in [6.45, 7) is 13.4. The minimum absolute atomic E-state index is 0.0291. The van der Waals surface area contributed by atoms with Gasteiger partial charge in [0.15, 0.2) is 0 Å². The molecule has 1 atom stereocenters. The third-order valence-electron chi connectivity index (χ3n) is 7.95. The molecule has 0 unspecified atom stereocenters. The molecule has 0 aromatic heterocycles. The average molecular weight is 406 g/mol. The van der Waals surface area contributed by atoms with Crippen molar-refractivity contribution in [3.8, 4) is 0 Å². The van der Waals surface area contributed by atoms with E-state index in [0.717, 1.165) is 51.3 Å². The standard InChI is InChI=1S/C24H43N3O2/c1-20(2)19-25-13-15-26(16-14-25)22-8-17-29-24(18-22)9-11-27(12-10-24)23(28)21-6-4-3-5-7-21/h20-22H,3-19H2,1-2H3/t22-/m0/s1. The van der Waals surface area contributed by atoms with Crippen LogP contribution in [0.15, 0.2) is 0 Å². The molecule has 4 fully saturated rings. The minimum Gasteiger partial charge on any atom is -0.375 e. The molecule has 4 aliphatic rings. The topological polar surface area (TPSA) is 36.0 Å². The summed E-state index contributed by atoms with van der Waals surface area (Å²) < 4.78 is 6.40. The van der Waals surface area contributed by atoms with Gasteiger partial charge in [-0.05, 0) is 44.4 Å². The molecule has 0 bridgehead atoms. The van der Waals surface area contributed by atoms with Gasteiger partial charge in [-0.25, -0.2) is 0 Å². The van der Waals surface area contributed by atoms with Gasteiger partial charge in [-0.3, -0.25) is 9.69 Å². The Labute approximate surface area is 178 Å². The van der Waals surface area contributed by atoms with Crippen LogP contribution >= 0.6 is 0 Å². The van der Waals surface area contributed by atoms with Crippen molar-refractivity contribution in [3.63, 3.8) is 0 Å². The van der Waals surface area contributed by atoms with Crippen molar-refractivity contribution in [1.29, 1.82) is 0 Å². The highest BCUT2D eigenvalue weighted by atomic mass is 16.5. The van der Waals surface area contributed by atoms with Crippen LogP contribution in [0.1, 0.15) is 71.6 Å². The second kappa shape index (κ2) is 9.65. The van der Waals surface area contributed by atoms with Crippen LogP contribution in [-0.4, -0.2) is 84.7 Å². The van der Waals surface area contributed by atoms with Crippen molar-refractivity contribution >= 4 is 5.91 Å². The number of carbonyl (C=O) groups excluding carboxylic acids is 1. The molecule has 4 rings (SSSR count). The van der Waals surface area contributed by atoms with Gasteiger partial charge in [-0.15, -0.1) is 0 Å². The van der Waals surface area contributed by atoms with Gasteiger partial charge < -0.3 is 14.5 Å². The SMILES string of the molecule is CC(C)CN1CCN([C@H]2CCOC3(CCN(C(=O)C4CCCCC4)CC3)C2)CC1. The van der Waals surface area contributed by atoms with Crippen LogP contribution in [0.4, 0.5) is 0 Å². The lowest BCUT2D eigenvalue weighted by molar-refractivity contribution is -0.153. The normalized spacial score (nSPS) is 30.2. The fourth-order valence-corrected chi connectivity index (χ4v) is 6.23. The van der Waals surface area contributed by atoms with Gasteiger partial charge >= 0.3 is 0 Å². The van der Waals surface area contributed by atoms with Crippen LogP contribution < -0.4 is 0 Å². The Kier molecular flexibility index (Phi) is 7.18. The van der Waals surface area contributed by atoms with E-state index in [1.807, 2.05) is 0 Å². The maximum atomic E-state index is 12.9. The summed E-state index contributed by atoms with van der Waals surface area (Å²) in [5.41, 5.74) is 0.0291. The van der Waals surface area contributed by atoms with Crippen LogP contribution in [0.2, 0.25) is 0 Å². The van der Waals surface area contributed by atoms with Crippen molar-refractivity contribution < 1.29 is 9.53 Å². The summed E-state index contributed by atoms with van der Waals surface area (Å²) in [5.74, 6) is 1.50. The fourth-order valence-electron chi connectivity index (χ4n) is 6.23. The quantitative estimate of drug-likeness (QED) is 0.718. The van der Waals surface area contributed by atoms with Gasteiger partial charge in [0.05, 0.1) is 5.60 Å². The van der Waals surface area contributed by atoms with E-state index in [1.165, 1.54) is 64.8 Å². The molecule has 0 radical (unpaired) electrons. The van der Waals surface area contributed by atoms with Crippen LogP contribution in [0.3, 0.4) is 0 Å². The molecule has 166 valence electrons. The van der Waals surface area contributed by atoms with Crippen LogP contribution in [0.25, 0.3) is 0 Å². The number of piperazine rings is 1. The second-order valence-corrected chi connectivity index (χ2v) is 10.6. The first kappa shape index (κ1) is 21.6. The molecular formula is C24H43N3O2.